The Morgan fingerprint density at radius 3 is 2.80 bits per heavy atom. The fraction of sp³-hybridized carbons (Fsp3) is 0.500. The van der Waals surface area contributed by atoms with Crippen molar-refractivity contribution in [2.24, 2.45) is 5.73 Å². The van der Waals surface area contributed by atoms with Crippen molar-refractivity contribution in [3.05, 3.63) is 11.6 Å². The molecule has 58 valence electrons. The molecule has 1 amide bonds. The summed E-state index contributed by atoms with van der Waals surface area (Å²) >= 11 is 0. The zero-order valence-corrected chi connectivity index (χ0v) is 5.92. The van der Waals surface area contributed by atoms with Crippen LogP contribution in [-0.4, -0.2) is 24.3 Å². The maximum atomic E-state index is 9.94. The largest absolute Gasteiger partial charge is 0.465 e. The first kappa shape index (κ1) is 8.97. The average molecular weight is 144 g/mol. The maximum Gasteiger partial charge on any atom is 0.404 e. The van der Waals surface area contributed by atoms with Crippen LogP contribution in [-0.2, 0) is 0 Å². The Labute approximate surface area is 59.7 Å². The second kappa shape index (κ2) is 4.81. The molecule has 0 rings (SSSR count). The van der Waals surface area contributed by atoms with Crippen LogP contribution >= 0.6 is 0 Å². The van der Waals surface area contributed by atoms with Crippen LogP contribution in [0.4, 0.5) is 4.79 Å². The normalized spacial score (nSPS) is 11.2. The van der Waals surface area contributed by atoms with E-state index >= 15 is 0 Å². The van der Waals surface area contributed by atoms with Crippen molar-refractivity contribution in [2.75, 3.05) is 13.1 Å². The van der Waals surface area contributed by atoms with Crippen molar-refractivity contribution >= 4 is 6.09 Å². The molecule has 0 saturated carbocycles. The molecule has 0 bridgehead atoms. The lowest BCUT2D eigenvalue weighted by atomic mass is 10.3. The first-order chi connectivity index (χ1) is 4.66. The second-order valence-corrected chi connectivity index (χ2v) is 1.94. The topological polar surface area (TPSA) is 75.3 Å². The Balaban J connectivity index is 3.48. The smallest absolute Gasteiger partial charge is 0.404 e. The SMILES string of the molecule is CC(=CCN)CNC(=O)O. The fourth-order valence-electron chi connectivity index (χ4n) is 0.488. The van der Waals surface area contributed by atoms with Crippen LogP contribution in [0.2, 0.25) is 0 Å². The third kappa shape index (κ3) is 5.11. The van der Waals surface area contributed by atoms with Gasteiger partial charge in [-0.2, -0.15) is 0 Å². The summed E-state index contributed by atoms with van der Waals surface area (Å²) in [5.74, 6) is 0. The van der Waals surface area contributed by atoms with Gasteiger partial charge in [0.2, 0.25) is 0 Å². The molecular weight excluding hydrogens is 132 g/mol. The van der Waals surface area contributed by atoms with E-state index in [4.69, 9.17) is 10.8 Å². The molecular formula is C6H12N2O2. The molecule has 0 radical (unpaired) electrons. The first-order valence-corrected chi connectivity index (χ1v) is 2.99. The van der Waals surface area contributed by atoms with Gasteiger partial charge in [0, 0.05) is 13.1 Å². The third-order valence-corrected chi connectivity index (χ3v) is 0.985. The maximum absolute atomic E-state index is 9.94. The summed E-state index contributed by atoms with van der Waals surface area (Å²) in [5, 5.41) is 10.4. The molecule has 4 nitrogen and oxygen atoms in total. The zero-order valence-electron chi connectivity index (χ0n) is 5.92. The van der Waals surface area contributed by atoms with Gasteiger partial charge in [-0.3, -0.25) is 0 Å². The van der Waals surface area contributed by atoms with Gasteiger partial charge in [0.25, 0.3) is 0 Å². The Morgan fingerprint density at radius 1 is 1.80 bits per heavy atom. The van der Waals surface area contributed by atoms with E-state index in [1.807, 2.05) is 6.92 Å². The van der Waals surface area contributed by atoms with Crippen molar-refractivity contribution in [1.82, 2.24) is 5.32 Å². The molecule has 0 aliphatic rings. The number of hydrogen-bond acceptors (Lipinski definition) is 2. The highest BCUT2D eigenvalue weighted by Gasteiger charge is 1.92. The van der Waals surface area contributed by atoms with Crippen LogP contribution in [0, 0.1) is 0 Å². The van der Waals surface area contributed by atoms with Gasteiger partial charge in [0.1, 0.15) is 0 Å². The third-order valence-electron chi connectivity index (χ3n) is 0.985. The lowest BCUT2D eigenvalue weighted by molar-refractivity contribution is 0.195. The van der Waals surface area contributed by atoms with Gasteiger partial charge in [-0.25, -0.2) is 4.79 Å². The van der Waals surface area contributed by atoms with E-state index in [9.17, 15) is 4.79 Å². The molecule has 0 spiro atoms. The molecule has 4 N–H and O–H groups in total. The highest BCUT2D eigenvalue weighted by Crippen LogP contribution is 1.86. The van der Waals surface area contributed by atoms with Crippen LogP contribution in [0.1, 0.15) is 6.92 Å². The van der Waals surface area contributed by atoms with E-state index in [1.54, 1.807) is 6.08 Å². The predicted molar refractivity (Wildman–Crippen MR) is 38.8 cm³/mol. The highest BCUT2D eigenvalue weighted by atomic mass is 16.4. The lowest BCUT2D eigenvalue weighted by Crippen LogP contribution is -2.22. The zero-order chi connectivity index (χ0) is 7.98. The van der Waals surface area contributed by atoms with Gasteiger partial charge in [-0.1, -0.05) is 11.6 Å². The molecule has 0 aromatic heterocycles. The summed E-state index contributed by atoms with van der Waals surface area (Å²) in [5.41, 5.74) is 6.12. The van der Waals surface area contributed by atoms with Crippen LogP contribution in [0.5, 0.6) is 0 Å². The van der Waals surface area contributed by atoms with Gasteiger partial charge in [-0.15, -0.1) is 0 Å². The molecule has 0 aromatic carbocycles. The van der Waals surface area contributed by atoms with Crippen molar-refractivity contribution in [3.8, 4) is 0 Å². The second-order valence-electron chi connectivity index (χ2n) is 1.94. The fourth-order valence-corrected chi connectivity index (χ4v) is 0.488. The summed E-state index contributed by atoms with van der Waals surface area (Å²) < 4.78 is 0. The Bertz CT molecular complexity index is 143. The molecule has 0 aliphatic carbocycles. The number of carboxylic acid groups (broad SMARTS) is 1. The van der Waals surface area contributed by atoms with Crippen LogP contribution < -0.4 is 11.1 Å². The molecule has 0 atom stereocenters. The number of amides is 1. The van der Waals surface area contributed by atoms with E-state index in [0.717, 1.165) is 5.57 Å². The molecule has 0 saturated heterocycles. The molecule has 4 heteroatoms. The van der Waals surface area contributed by atoms with E-state index in [2.05, 4.69) is 5.32 Å². The quantitative estimate of drug-likeness (QED) is 0.494. The minimum absolute atomic E-state index is 0.354. The number of nitrogens with two attached hydrogens (primary N) is 1. The molecule has 0 aliphatic heterocycles. The van der Waals surface area contributed by atoms with E-state index in [1.165, 1.54) is 0 Å². The molecule has 0 heterocycles. The van der Waals surface area contributed by atoms with E-state index < -0.39 is 6.09 Å². The molecule has 10 heavy (non-hydrogen) atoms. The molecule has 0 aromatic rings. The minimum Gasteiger partial charge on any atom is -0.465 e. The number of rotatable bonds is 3. The summed E-state index contributed by atoms with van der Waals surface area (Å²) in [4.78, 5) is 9.94. The van der Waals surface area contributed by atoms with Crippen molar-refractivity contribution < 1.29 is 9.90 Å². The predicted octanol–water partition coefficient (Wildman–Crippen LogP) is 0.159. The van der Waals surface area contributed by atoms with Crippen LogP contribution in [0.15, 0.2) is 11.6 Å². The van der Waals surface area contributed by atoms with Crippen LogP contribution in [0.25, 0.3) is 0 Å². The standard InChI is InChI=1S/C6H12N2O2/c1-5(2-3-7)4-8-6(9)10/h2,8H,3-4,7H2,1H3,(H,9,10). The van der Waals surface area contributed by atoms with Crippen LogP contribution in [0.3, 0.4) is 0 Å². The minimum atomic E-state index is -1.01. The summed E-state index contributed by atoms with van der Waals surface area (Å²) in [6, 6.07) is 0. The van der Waals surface area contributed by atoms with Gasteiger partial charge in [0.15, 0.2) is 0 Å². The number of hydrogen-bond donors (Lipinski definition) is 3. The van der Waals surface area contributed by atoms with Crippen molar-refractivity contribution in [2.45, 2.75) is 6.92 Å². The molecule has 0 fully saturated rings. The van der Waals surface area contributed by atoms with Gasteiger partial charge in [-0.05, 0) is 6.92 Å². The van der Waals surface area contributed by atoms with Gasteiger partial charge >= 0.3 is 6.09 Å². The Morgan fingerprint density at radius 2 is 2.40 bits per heavy atom. The van der Waals surface area contributed by atoms with E-state index in [0.29, 0.717) is 13.1 Å². The molecule has 0 unspecified atom stereocenters. The Hall–Kier alpha value is -1.03. The summed E-state index contributed by atoms with van der Waals surface area (Å²) in [6.45, 7) is 2.63. The summed E-state index contributed by atoms with van der Waals surface area (Å²) in [7, 11) is 0. The Kier molecular flexibility index (Phi) is 4.32. The summed E-state index contributed by atoms with van der Waals surface area (Å²) in [6.07, 6.45) is 0.764. The van der Waals surface area contributed by atoms with Gasteiger partial charge in [0.05, 0.1) is 0 Å². The van der Waals surface area contributed by atoms with E-state index in [-0.39, 0.29) is 0 Å². The monoisotopic (exact) mass is 144 g/mol. The highest BCUT2D eigenvalue weighted by molar-refractivity contribution is 5.64. The van der Waals surface area contributed by atoms with Gasteiger partial charge < -0.3 is 16.2 Å². The lowest BCUT2D eigenvalue weighted by Gasteiger charge is -1.98. The number of nitrogens with one attached hydrogen (secondary N) is 1. The average Bonchev–Trinajstić information content (AvgIpc) is 1.85. The van der Waals surface area contributed by atoms with Crippen molar-refractivity contribution in [1.29, 1.82) is 0 Å². The van der Waals surface area contributed by atoms with Crippen molar-refractivity contribution in [3.63, 3.8) is 0 Å². The number of carbonyl (C=O) groups is 1. The first-order valence-electron chi connectivity index (χ1n) is 2.99.